The molecule has 1 aromatic heterocycles. The Kier molecular flexibility index (Phi) is 3.61. The summed E-state index contributed by atoms with van der Waals surface area (Å²) in [6.45, 7) is 3.24. The molecule has 5 nitrogen and oxygen atoms in total. The standard InChI is InChI=1S/C15H22N2O3S/c1-15(19)6-3-7-17(8-15)14-12(20-2)10(16)13(21-14)11(18)9-4-5-9/h9,19H,3-8,16H2,1-2H3. The normalized spacial score (nSPS) is 26.0. The molecule has 1 unspecified atom stereocenters. The van der Waals surface area contributed by atoms with E-state index in [0.29, 0.717) is 22.9 Å². The molecule has 2 aliphatic rings. The smallest absolute Gasteiger partial charge is 0.178 e. The lowest BCUT2D eigenvalue weighted by Crippen LogP contribution is -2.46. The van der Waals surface area contributed by atoms with Crippen LogP contribution in [0.1, 0.15) is 42.3 Å². The van der Waals surface area contributed by atoms with E-state index >= 15 is 0 Å². The van der Waals surface area contributed by atoms with Gasteiger partial charge in [0.2, 0.25) is 0 Å². The number of ketones is 1. The quantitative estimate of drug-likeness (QED) is 0.835. The average molecular weight is 310 g/mol. The third kappa shape index (κ3) is 2.74. The summed E-state index contributed by atoms with van der Waals surface area (Å²) < 4.78 is 5.44. The van der Waals surface area contributed by atoms with E-state index < -0.39 is 5.60 Å². The number of methoxy groups -OCH3 is 1. The molecule has 0 spiro atoms. The van der Waals surface area contributed by atoms with Crippen molar-refractivity contribution in [3.63, 3.8) is 0 Å². The number of carbonyl (C=O) groups is 1. The topological polar surface area (TPSA) is 75.8 Å². The number of hydrogen-bond acceptors (Lipinski definition) is 6. The molecule has 1 saturated carbocycles. The number of Topliss-reactive ketones (excluding diaryl/α,β-unsaturated/α-hetero) is 1. The van der Waals surface area contributed by atoms with Crippen LogP contribution in [0.5, 0.6) is 5.75 Å². The molecule has 116 valence electrons. The lowest BCUT2D eigenvalue weighted by molar-refractivity contribution is 0.0450. The first-order valence-corrected chi connectivity index (χ1v) is 8.22. The van der Waals surface area contributed by atoms with Gasteiger partial charge in [-0.05, 0) is 32.6 Å². The zero-order valence-electron chi connectivity index (χ0n) is 12.5. The predicted octanol–water partition coefficient (Wildman–Crippen LogP) is 2.28. The van der Waals surface area contributed by atoms with Crippen molar-refractivity contribution >= 4 is 27.8 Å². The molecule has 1 aromatic rings. The lowest BCUT2D eigenvalue weighted by atomic mass is 9.95. The number of thiophene rings is 1. The van der Waals surface area contributed by atoms with Crippen LogP contribution in [-0.4, -0.2) is 36.7 Å². The van der Waals surface area contributed by atoms with Crippen molar-refractivity contribution in [3.8, 4) is 5.75 Å². The number of ether oxygens (including phenoxy) is 1. The van der Waals surface area contributed by atoms with Gasteiger partial charge in [-0.15, -0.1) is 11.3 Å². The number of piperidine rings is 1. The van der Waals surface area contributed by atoms with E-state index in [4.69, 9.17) is 10.5 Å². The van der Waals surface area contributed by atoms with Gasteiger partial charge in [-0.1, -0.05) is 0 Å². The Labute approximate surface area is 128 Å². The Hall–Kier alpha value is -1.27. The molecule has 1 atom stereocenters. The second kappa shape index (κ2) is 5.18. The molecular formula is C15H22N2O3S. The minimum absolute atomic E-state index is 0.144. The fourth-order valence-electron chi connectivity index (χ4n) is 2.93. The number of nitrogens with zero attached hydrogens (tertiary/aromatic N) is 1. The highest BCUT2D eigenvalue weighted by atomic mass is 32.1. The van der Waals surface area contributed by atoms with Crippen LogP contribution in [0.15, 0.2) is 0 Å². The zero-order chi connectivity index (χ0) is 15.2. The molecule has 21 heavy (non-hydrogen) atoms. The van der Waals surface area contributed by atoms with E-state index in [1.165, 1.54) is 11.3 Å². The second-order valence-corrected chi connectivity index (χ2v) is 7.34. The van der Waals surface area contributed by atoms with Gasteiger partial charge in [0, 0.05) is 19.0 Å². The average Bonchev–Trinajstić information content (AvgIpc) is 3.21. The Bertz CT molecular complexity index is 564. The first-order valence-electron chi connectivity index (χ1n) is 7.41. The van der Waals surface area contributed by atoms with Crippen molar-refractivity contribution in [2.24, 2.45) is 5.92 Å². The maximum Gasteiger partial charge on any atom is 0.178 e. The molecule has 0 bridgehead atoms. The summed E-state index contributed by atoms with van der Waals surface area (Å²) in [7, 11) is 1.58. The largest absolute Gasteiger partial charge is 0.492 e. The van der Waals surface area contributed by atoms with Crippen molar-refractivity contribution in [2.45, 2.75) is 38.2 Å². The summed E-state index contributed by atoms with van der Waals surface area (Å²) in [6.07, 6.45) is 3.64. The number of β-amino-alcohol motifs (C(OH)–C–C–N with tert-alkyl or cyclic N) is 1. The first kappa shape index (κ1) is 14.7. The minimum Gasteiger partial charge on any atom is -0.492 e. The van der Waals surface area contributed by atoms with Gasteiger partial charge in [-0.25, -0.2) is 0 Å². The Morgan fingerprint density at radius 2 is 2.24 bits per heavy atom. The van der Waals surface area contributed by atoms with Gasteiger partial charge in [0.15, 0.2) is 11.5 Å². The number of carbonyl (C=O) groups excluding carboxylic acids is 1. The van der Waals surface area contributed by atoms with Crippen LogP contribution in [0.3, 0.4) is 0 Å². The highest BCUT2D eigenvalue weighted by Gasteiger charge is 2.37. The molecule has 1 aliphatic heterocycles. The van der Waals surface area contributed by atoms with Gasteiger partial charge < -0.3 is 20.5 Å². The van der Waals surface area contributed by atoms with Crippen LogP contribution in [-0.2, 0) is 0 Å². The van der Waals surface area contributed by atoms with Gasteiger partial charge in [0.05, 0.1) is 23.3 Å². The van der Waals surface area contributed by atoms with Crippen LogP contribution < -0.4 is 15.4 Å². The van der Waals surface area contributed by atoms with Crippen molar-refractivity contribution in [1.82, 2.24) is 0 Å². The molecule has 0 amide bonds. The van der Waals surface area contributed by atoms with E-state index in [-0.39, 0.29) is 11.7 Å². The van der Waals surface area contributed by atoms with Gasteiger partial charge in [-0.3, -0.25) is 4.79 Å². The van der Waals surface area contributed by atoms with E-state index in [9.17, 15) is 9.90 Å². The number of aliphatic hydroxyl groups is 1. The summed E-state index contributed by atoms with van der Waals surface area (Å²) in [5, 5.41) is 11.2. The molecule has 0 aromatic carbocycles. The fraction of sp³-hybridized carbons (Fsp3) is 0.667. The number of anilines is 2. The lowest BCUT2D eigenvalue weighted by Gasteiger charge is -2.37. The SMILES string of the molecule is COc1c(N2CCCC(C)(O)C2)sc(C(=O)C2CC2)c1N. The summed E-state index contributed by atoms with van der Waals surface area (Å²) in [5.74, 6) is 0.875. The monoisotopic (exact) mass is 310 g/mol. The number of rotatable bonds is 4. The molecule has 2 fully saturated rings. The zero-order valence-corrected chi connectivity index (χ0v) is 13.3. The molecular weight excluding hydrogens is 288 g/mol. The van der Waals surface area contributed by atoms with Gasteiger partial charge in [-0.2, -0.15) is 0 Å². The second-order valence-electron chi connectivity index (χ2n) is 6.34. The van der Waals surface area contributed by atoms with Gasteiger partial charge in [0.25, 0.3) is 0 Å². The molecule has 3 N–H and O–H groups in total. The predicted molar refractivity (Wildman–Crippen MR) is 84.4 cm³/mol. The highest BCUT2D eigenvalue weighted by molar-refractivity contribution is 7.19. The molecule has 1 saturated heterocycles. The van der Waals surface area contributed by atoms with Crippen LogP contribution in [0.25, 0.3) is 0 Å². The van der Waals surface area contributed by atoms with Crippen LogP contribution >= 0.6 is 11.3 Å². The van der Waals surface area contributed by atoms with E-state index in [0.717, 1.165) is 37.2 Å². The van der Waals surface area contributed by atoms with Crippen LogP contribution in [0.4, 0.5) is 10.7 Å². The van der Waals surface area contributed by atoms with E-state index in [1.54, 1.807) is 7.11 Å². The van der Waals surface area contributed by atoms with Gasteiger partial charge in [0.1, 0.15) is 5.00 Å². The Balaban J connectivity index is 1.94. The molecule has 0 radical (unpaired) electrons. The van der Waals surface area contributed by atoms with E-state index in [1.807, 2.05) is 6.92 Å². The minimum atomic E-state index is -0.706. The van der Waals surface area contributed by atoms with E-state index in [2.05, 4.69) is 4.90 Å². The summed E-state index contributed by atoms with van der Waals surface area (Å²) in [6, 6.07) is 0. The van der Waals surface area contributed by atoms with Crippen LogP contribution in [0, 0.1) is 5.92 Å². The number of nitrogen functional groups attached to an aromatic ring is 1. The van der Waals surface area contributed by atoms with Crippen LogP contribution in [0.2, 0.25) is 0 Å². The highest BCUT2D eigenvalue weighted by Crippen LogP contribution is 2.48. The third-order valence-corrected chi connectivity index (χ3v) is 5.48. The molecule has 6 heteroatoms. The third-order valence-electron chi connectivity index (χ3n) is 4.22. The molecule has 3 rings (SSSR count). The summed E-state index contributed by atoms with van der Waals surface area (Å²) >= 11 is 1.41. The van der Waals surface area contributed by atoms with Crippen molar-refractivity contribution < 1.29 is 14.6 Å². The van der Waals surface area contributed by atoms with Crippen molar-refractivity contribution in [3.05, 3.63) is 4.88 Å². The molecule has 2 heterocycles. The Morgan fingerprint density at radius 1 is 1.52 bits per heavy atom. The molecule has 1 aliphatic carbocycles. The fourth-order valence-corrected chi connectivity index (χ4v) is 4.16. The van der Waals surface area contributed by atoms with Crippen molar-refractivity contribution in [2.75, 3.05) is 30.8 Å². The van der Waals surface area contributed by atoms with Gasteiger partial charge >= 0.3 is 0 Å². The summed E-state index contributed by atoms with van der Waals surface area (Å²) in [5.41, 5.74) is 5.88. The Morgan fingerprint density at radius 3 is 2.81 bits per heavy atom. The van der Waals surface area contributed by atoms with Crippen molar-refractivity contribution in [1.29, 1.82) is 0 Å². The maximum absolute atomic E-state index is 12.3. The summed E-state index contributed by atoms with van der Waals surface area (Å²) in [4.78, 5) is 15.0. The number of nitrogens with two attached hydrogens (primary N) is 1. The first-order chi connectivity index (χ1) is 9.93. The maximum atomic E-state index is 12.3. The number of hydrogen-bond donors (Lipinski definition) is 2.